The zero-order valence-electron chi connectivity index (χ0n) is 18.9. The largest absolute Gasteiger partial charge is 0.495 e. The van der Waals surface area contributed by atoms with Crippen LogP contribution in [0.2, 0.25) is 0 Å². The van der Waals surface area contributed by atoms with Crippen LogP contribution in [0.15, 0.2) is 64.8 Å². The normalized spacial score (nSPS) is 12.0. The van der Waals surface area contributed by atoms with Crippen molar-refractivity contribution in [3.05, 3.63) is 76.3 Å². The molecule has 0 saturated carbocycles. The third-order valence-corrected chi connectivity index (χ3v) is 6.67. The Morgan fingerprint density at radius 2 is 1.94 bits per heavy atom. The summed E-state index contributed by atoms with van der Waals surface area (Å²) in [6.45, 7) is 5.89. The number of thioether (sulfide) groups is 1. The van der Waals surface area contributed by atoms with E-state index in [4.69, 9.17) is 4.74 Å². The van der Waals surface area contributed by atoms with Crippen molar-refractivity contribution in [3.8, 4) is 11.4 Å². The summed E-state index contributed by atoms with van der Waals surface area (Å²) < 4.78 is 8.47. The molecule has 1 unspecified atom stereocenters. The molecule has 0 aliphatic heterocycles. The lowest BCUT2D eigenvalue weighted by atomic mass is 10.1. The van der Waals surface area contributed by atoms with Crippen molar-refractivity contribution < 1.29 is 9.53 Å². The number of carbonyl (C=O) groups is 1. The minimum absolute atomic E-state index is 0.115. The van der Waals surface area contributed by atoms with Gasteiger partial charge in [0.2, 0.25) is 11.6 Å². The summed E-state index contributed by atoms with van der Waals surface area (Å²) in [6, 6.07) is 13.2. The lowest BCUT2D eigenvalue weighted by Crippen LogP contribution is -2.25. The maximum Gasteiger partial charge on any atom is 0.300 e. The Hall–Kier alpha value is -3.59. The lowest BCUT2D eigenvalue weighted by molar-refractivity contribution is -0.115. The van der Waals surface area contributed by atoms with Gasteiger partial charge in [0.1, 0.15) is 5.75 Å². The SMILES string of the molecule is CCC(Sc1nnc2c(=O)n(-c3ccccc3OC)ccn12)C(=O)Nc1cc(C)ccc1C. The first-order valence-electron chi connectivity index (χ1n) is 10.6. The van der Waals surface area contributed by atoms with E-state index in [1.165, 1.54) is 16.3 Å². The standard InChI is InChI=1S/C24H25N5O3S/c1-5-20(22(30)25-17-14-15(2)10-11-16(17)3)33-24-27-26-21-23(31)28(12-13-29(21)24)18-8-6-7-9-19(18)32-4/h6-14,20H,5H2,1-4H3,(H,25,30). The second-order valence-corrected chi connectivity index (χ2v) is 8.81. The van der Waals surface area contributed by atoms with E-state index in [0.29, 0.717) is 23.0 Å². The van der Waals surface area contributed by atoms with Crippen molar-refractivity contribution in [1.29, 1.82) is 0 Å². The highest BCUT2D eigenvalue weighted by Crippen LogP contribution is 2.27. The van der Waals surface area contributed by atoms with Crippen molar-refractivity contribution in [2.75, 3.05) is 12.4 Å². The van der Waals surface area contributed by atoms with Gasteiger partial charge in [-0.1, -0.05) is 43.0 Å². The van der Waals surface area contributed by atoms with Gasteiger partial charge in [-0.25, -0.2) is 0 Å². The summed E-state index contributed by atoms with van der Waals surface area (Å²) in [5.41, 5.74) is 3.34. The lowest BCUT2D eigenvalue weighted by Gasteiger charge is -2.15. The van der Waals surface area contributed by atoms with Crippen molar-refractivity contribution in [3.63, 3.8) is 0 Å². The molecule has 0 bridgehead atoms. The number of anilines is 1. The molecule has 2 aromatic carbocycles. The van der Waals surface area contributed by atoms with E-state index >= 15 is 0 Å². The Bertz CT molecular complexity index is 1380. The molecule has 9 heteroatoms. The van der Waals surface area contributed by atoms with Crippen LogP contribution in [-0.2, 0) is 4.79 Å². The summed E-state index contributed by atoms with van der Waals surface area (Å²) in [7, 11) is 1.56. The molecule has 170 valence electrons. The average molecular weight is 464 g/mol. The predicted octanol–water partition coefficient (Wildman–Crippen LogP) is 4.02. The molecule has 1 N–H and O–H groups in total. The summed E-state index contributed by atoms with van der Waals surface area (Å²) in [4.78, 5) is 26.1. The second kappa shape index (κ2) is 9.50. The molecule has 1 amide bonds. The van der Waals surface area contributed by atoms with Crippen LogP contribution >= 0.6 is 11.8 Å². The minimum atomic E-state index is -0.394. The number of aromatic nitrogens is 4. The van der Waals surface area contributed by atoms with Crippen LogP contribution in [0, 0.1) is 13.8 Å². The molecular formula is C24H25N5O3S. The first-order chi connectivity index (χ1) is 15.9. The van der Waals surface area contributed by atoms with Crippen LogP contribution in [-0.4, -0.2) is 37.4 Å². The highest BCUT2D eigenvalue weighted by atomic mass is 32.2. The van der Waals surface area contributed by atoms with E-state index in [0.717, 1.165) is 16.8 Å². The number of hydrogen-bond donors (Lipinski definition) is 1. The topological polar surface area (TPSA) is 90.5 Å². The summed E-state index contributed by atoms with van der Waals surface area (Å²) in [5, 5.41) is 11.4. The van der Waals surface area contributed by atoms with E-state index in [9.17, 15) is 9.59 Å². The fourth-order valence-corrected chi connectivity index (χ4v) is 4.43. The van der Waals surface area contributed by atoms with Crippen LogP contribution in [0.1, 0.15) is 24.5 Å². The maximum absolute atomic E-state index is 13.1. The molecule has 0 saturated heterocycles. The highest BCUT2D eigenvalue weighted by molar-refractivity contribution is 8.00. The number of nitrogens with one attached hydrogen (secondary N) is 1. The maximum atomic E-state index is 13.1. The second-order valence-electron chi connectivity index (χ2n) is 7.64. The van der Waals surface area contributed by atoms with E-state index in [-0.39, 0.29) is 17.1 Å². The zero-order chi connectivity index (χ0) is 23.5. The molecule has 4 aromatic rings. The van der Waals surface area contributed by atoms with Crippen LogP contribution in [0.4, 0.5) is 5.69 Å². The third-order valence-electron chi connectivity index (χ3n) is 5.35. The summed E-state index contributed by atoms with van der Waals surface area (Å²) >= 11 is 1.28. The van der Waals surface area contributed by atoms with E-state index in [2.05, 4.69) is 15.5 Å². The summed E-state index contributed by atoms with van der Waals surface area (Å²) in [6.07, 6.45) is 3.97. The van der Waals surface area contributed by atoms with Crippen molar-refractivity contribution in [2.24, 2.45) is 0 Å². The van der Waals surface area contributed by atoms with E-state index in [1.807, 2.05) is 51.1 Å². The molecule has 4 rings (SSSR count). The molecule has 0 spiro atoms. The number of aryl methyl sites for hydroxylation is 2. The number of rotatable bonds is 7. The molecule has 1 atom stereocenters. The van der Waals surface area contributed by atoms with Gasteiger partial charge in [-0.15, -0.1) is 10.2 Å². The van der Waals surface area contributed by atoms with Gasteiger partial charge in [-0.3, -0.25) is 18.6 Å². The van der Waals surface area contributed by atoms with E-state index in [1.54, 1.807) is 36.0 Å². The van der Waals surface area contributed by atoms with Crippen LogP contribution < -0.4 is 15.6 Å². The number of fused-ring (bicyclic) bond motifs is 1. The van der Waals surface area contributed by atoms with Crippen LogP contribution in [0.25, 0.3) is 11.3 Å². The number of benzene rings is 2. The molecule has 0 radical (unpaired) electrons. The third kappa shape index (κ3) is 4.49. The molecule has 0 aliphatic rings. The van der Waals surface area contributed by atoms with Crippen molar-refractivity contribution in [1.82, 2.24) is 19.2 Å². The fraction of sp³-hybridized carbons (Fsp3) is 0.250. The van der Waals surface area contributed by atoms with Crippen LogP contribution in [0.3, 0.4) is 0 Å². The van der Waals surface area contributed by atoms with E-state index < -0.39 is 5.25 Å². The van der Waals surface area contributed by atoms with Gasteiger partial charge in [-0.05, 0) is 49.6 Å². The van der Waals surface area contributed by atoms with Gasteiger partial charge >= 0.3 is 5.56 Å². The summed E-state index contributed by atoms with van der Waals surface area (Å²) in [5.74, 6) is 0.461. The van der Waals surface area contributed by atoms with Gasteiger partial charge in [-0.2, -0.15) is 0 Å². The van der Waals surface area contributed by atoms with Crippen LogP contribution in [0.5, 0.6) is 5.75 Å². The Labute approximate surface area is 195 Å². The van der Waals surface area contributed by atoms with Crippen molar-refractivity contribution >= 4 is 29.0 Å². The monoisotopic (exact) mass is 463 g/mol. The van der Waals surface area contributed by atoms with Gasteiger partial charge in [0, 0.05) is 18.1 Å². The molecular weight excluding hydrogens is 438 g/mol. The Kier molecular flexibility index (Phi) is 6.50. The first kappa shape index (κ1) is 22.6. The minimum Gasteiger partial charge on any atom is -0.495 e. The quantitative estimate of drug-likeness (QED) is 0.417. The average Bonchev–Trinajstić information content (AvgIpc) is 3.23. The number of para-hydroxylation sites is 2. The number of carbonyl (C=O) groups excluding carboxylic acids is 1. The predicted molar refractivity (Wildman–Crippen MR) is 130 cm³/mol. The van der Waals surface area contributed by atoms with Gasteiger partial charge in [0.05, 0.1) is 18.0 Å². The van der Waals surface area contributed by atoms with Gasteiger partial charge < -0.3 is 10.1 Å². The van der Waals surface area contributed by atoms with Gasteiger partial charge in [0.25, 0.3) is 0 Å². The smallest absolute Gasteiger partial charge is 0.300 e. The molecule has 0 aliphatic carbocycles. The molecule has 0 fully saturated rings. The molecule has 2 aromatic heterocycles. The first-order valence-corrected chi connectivity index (χ1v) is 11.5. The molecule has 33 heavy (non-hydrogen) atoms. The number of nitrogens with zero attached hydrogens (tertiary/aromatic N) is 4. The molecule has 2 heterocycles. The molecule has 8 nitrogen and oxygen atoms in total. The number of ether oxygens (including phenoxy) is 1. The van der Waals surface area contributed by atoms with Crippen molar-refractivity contribution in [2.45, 2.75) is 37.6 Å². The Morgan fingerprint density at radius 1 is 1.15 bits per heavy atom. The highest BCUT2D eigenvalue weighted by Gasteiger charge is 2.23. The number of hydrogen-bond acceptors (Lipinski definition) is 6. The fourth-order valence-electron chi connectivity index (χ4n) is 3.50. The number of methoxy groups -OCH3 is 1. The van der Waals surface area contributed by atoms with Gasteiger partial charge in [0.15, 0.2) is 5.16 Å². The number of amides is 1. The zero-order valence-corrected chi connectivity index (χ0v) is 19.7. The Morgan fingerprint density at radius 3 is 2.70 bits per heavy atom. The Balaban J connectivity index is 1.62.